The van der Waals surface area contributed by atoms with Gasteiger partial charge in [-0.15, -0.1) is 0 Å². The highest BCUT2D eigenvalue weighted by Crippen LogP contribution is 2.18. The van der Waals surface area contributed by atoms with Crippen LogP contribution in [0.1, 0.15) is 11.7 Å². The van der Waals surface area contributed by atoms with Crippen LogP contribution in [0.15, 0.2) is 24.3 Å². The van der Waals surface area contributed by atoms with Gasteiger partial charge in [0.25, 0.3) is 0 Å². The first kappa shape index (κ1) is 14.0. The largest absolute Gasteiger partial charge is 0.375 e. The maximum absolute atomic E-state index is 11.3. The molecule has 2 N–H and O–H groups in total. The van der Waals surface area contributed by atoms with E-state index in [1.165, 1.54) is 0 Å². The number of hydrogen-bond acceptors (Lipinski definition) is 3. The molecule has 5 heteroatoms. The normalized spacial score (nSPS) is 12.2. The van der Waals surface area contributed by atoms with Gasteiger partial charge in [-0.1, -0.05) is 23.7 Å². The molecule has 94 valence electrons. The lowest BCUT2D eigenvalue weighted by molar-refractivity contribution is -0.120. The van der Waals surface area contributed by atoms with Gasteiger partial charge in [-0.05, 0) is 24.7 Å². The van der Waals surface area contributed by atoms with E-state index in [4.69, 9.17) is 16.3 Å². The first-order chi connectivity index (χ1) is 8.17. The van der Waals surface area contributed by atoms with Crippen molar-refractivity contribution in [2.45, 2.75) is 6.10 Å². The van der Waals surface area contributed by atoms with Crippen molar-refractivity contribution < 1.29 is 9.53 Å². The zero-order chi connectivity index (χ0) is 12.7. The molecule has 4 nitrogen and oxygen atoms in total. The third-order valence-corrected chi connectivity index (χ3v) is 2.60. The zero-order valence-corrected chi connectivity index (χ0v) is 10.8. The summed E-state index contributed by atoms with van der Waals surface area (Å²) in [5.74, 6) is -0.0523. The minimum atomic E-state index is -0.159. The number of likely N-dealkylation sites (N-methyl/N-ethyl adjacent to an activating group) is 1. The zero-order valence-electron chi connectivity index (χ0n) is 10.00. The van der Waals surface area contributed by atoms with Crippen molar-refractivity contribution in [3.8, 4) is 0 Å². The van der Waals surface area contributed by atoms with Crippen molar-refractivity contribution in [3.05, 3.63) is 34.9 Å². The molecule has 1 rings (SSSR count). The third kappa shape index (κ3) is 4.73. The van der Waals surface area contributed by atoms with Crippen LogP contribution >= 0.6 is 11.6 Å². The average Bonchev–Trinajstić information content (AvgIpc) is 2.32. The molecule has 0 saturated carbocycles. The lowest BCUT2D eigenvalue weighted by atomic mass is 10.1. The minimum absolute atomic E-state index is 0.0523. The Morgan fingerprint density at radius 1 is 1.41 bits per heavy atom. The van der Waals surface area contributed by atoms with E-state index in [-0.39, 0.29) is 12.0 Å². The Bertz CT molecular complexity index is 354. The number of benzene rings is 1. The highest BCUT2D eigenvalue weighted by atomic mass is 35.5. The molecule has 0 aliphatic carbocycles. The molecule has 1 amide bonds. The fourth-order valence-corrected chi connectivity index (χ4v) is 1.57. The van der Waals surface area contributed by atoms with Gasteiger partial charge in [0.2, 0.25) is 5.91 Å². The summed E-state index contributed by atoms with van der Waals surface area (Å²) in [5.41, 5.74) is 0.988. The Morgan fingerprint density at radius 2 is 2.06 bits per heavy atom. The summed E-state index contributed by atoms with van der Waals surface area (Å²) in [4.78, 5) is 11.3. The molecular formula is C12H17ClN2O2. The molecule has 1 unspecified atom stereocenters. The second-order valence-corrected chi connectivity index (χ2v) is 4.05. The van der Waals surface area contributed by atoms with Crippen LogP contribution < -0.4 is 10.6 Å². The van der Waals surface area contributed by atoms with Crippen molar-refractivity contribution in [1.29, 1.82) is 0 Å². The number of halogens is 1. The van der Waals surface area contributed by atoms with Crippen molar-refractivity contribution in [2.24, 2.45) is 0 Å². The topological polar surface area (TPSA) is 50.4 Å². The Hall–Kier alpha value is -1.10. The molecule has 0 spiro atoms. The number of ether oxygens (including phenoxy) is 1. The molecule has 0 aromatic heterocycles. The van der Waals surface area contributed by atoms with Crippen LogP contribution in [0, 0.1) is 0 Å². The van der Waals surface area contributed by atoms with E-state index in [0.29, 0.717) is 18.1 Å². The van der Waals surface area contributed by atoms with Crippen molar-refractivity contribution in [2.75, 3.05) is 27.2 Å². The predicted octanol–water partition coefficient (Wildman–Crippen LogP) is 1.36. The highest BCUT2D eigenvalue weighted by Gasteiger charge is 2.11. The van der Waals surface area contributed by atoms with E-state index in [2.05, 4.69) is 10.6 Å². The molecule has 0 heterocycles. The summed E-state index contributed by atoms with van der Waals surface area (Å²) in [5, 5.41) is 6.26. The van der Waals surface area contributed by atoms with Crippen LogP contribution in [0.3, 0.4) is 0 Å². The second-order valence-electron chi connectivity index (χ2n) is 3.61. The molecular weight excluding hydrogens is 240 g/mol. The molecule has 0 aliphatic heterocycles. The van der Waals surface area contributed by atoms with E-state index < -0.39 is 0 Å². The standard InChI is InChI=1S/C12H17ClN2O2/c1-14-8-12(16)15-7-11(17-2)9-3-5-10(13)6-4-9/h3-6,11,14H,7-8H2,1-2H3,(H,15,16). The SMILES string of the molecule is CNCC(=O)NCC(OC)c1ccc(Cl)cc1. The molecule has 1 atom stereocenters. The summed E-state index contributed by atoms with van der Waals surface area (Å²) in [6.45, 7) is 0.746. The van der Waals surface area contributed by atoms with Crippen LogP contribution in [-0.4, -0.2) is 33.2 Å². The van der Waals surface area contributed by atoms with Gasteiger partial charge in [0, 0.05) is 18.7 Å². The van der Waals surface area contributed by atoms with Crippen LogP contribution in [-0.2, 0) is 9.53 Å². The Balaban J connectivity index is 2.54. The van der Waals surface area contributed by atoms with E-state index in [1.54, 1.807) is 26.3 Å². The Labute approximate surface area is 106 Å². The maximum atomic E-state index is 11.3. The van der Waals surface area contributed by atoms with Crippen LogP contribution in [0.5, 0.6) is 0 Å². The quantitative estimate of drug-likeness (QED) is 0.808. The summed E-state index contributed by atoms with van der Waals surface area (Å²) >= 11 is 5.81. The number of nitrogens with one attached hydrogen (secondary N) is 2. The van der Waals surface area contributed by atoms with E-state index in [0.717, 1.165) is 5.56 Å². The summed E-state index contributed by atoms with van der Waals surface area (Å²) < 4.78 is 5.33. The van der Waals surface area contributed by atoms with Gasteiger partial charge in [-0.2, -0.15) is 0 Å². The lowest BCUT2D eigenvalue weighted by Crippen LogP contribution is -2.35. The van der Waals surface area contributed by atoms with Crippen LogP contribution in [0.4, 0.5) is 0 Å². The fraction of sp³-hybridized carbons (Fsp3) is 0.417. The van der Waals surface area contributed by atoms with Crippen molar-refractivity contribution >= 4 is 17.5 Å². The molecule has 0 saturated heterocycles. The maximum Gasteiger partial charge on any atom is 0.234 e. The molecule has 1 aromatic rings. The van der Waals surface area contributed by atoms with Crippen molar-refractivity contribution in [1.82, 2.24) is 10.6 Å². The average molecular weight is 257 g/mol. The monoisotopic (exact) mass is 256 g/mol. The predicted molar refractivity (Wildman–Crippen MR) is 68.1 cm³/mol. The summed E-state index contributed by atoms with van der Waals surface area (Å²) in [7, 11) is 3.34. The van der Waals surface area contributed by atoms with Gasteiger partial charge in [0.1, 0.15) is 0 Å². The number of carbonyl (C=O) groups is 1. The molecule has 0 aliphatic rings. The Kier molecular flexibility index (Phi) is 5.97. The molecule has 0 radical (unpaired) electrons. The third-order valence-electron chi connectivity index (χ3n) is 2.35. The van der Waals surface area contributed by atoms with Gasteiger partial charge >= 0.3 is 0 Å². The van der Waals surface area contributed by atoms with Gasteiger partial charge in [-0.25, -0.2) is 0 Å². The Morgan fingerprint density at radius 3 is 2.59 bits per heavy atom. The second kappa shape index (κ2) is 7.27. The summed E-state index contributed by atoms with van der Waals surface area (Å²) in [6, 6.07) is 7.39. The fourth-order valence-electron chi connectivity index (χ4n) is 1.44. The number of hydrogen-bond donors (Lipinski definition) is 2. The van der Waals surface area contributed by atoms with Gasteiger partial charge in [-0.3, -0.25) is 4.79 Å². The minimum Gasteiger partial charge on any atom is -0.375 e. The number of amides is 1. The van der Waals surface area contributed by atoms with E-state index in [1.807, 2.05) is 12.1 Å². The number of methoxy groups -OCH3 is 1. The first-order valence-electron chi connectivity index (χ1n) is 5.37. The summed E-state index contributed by atoms with van der Waals surface area (Å²) in [6.07, 6.45) is -0.159. The van der Waals surface area contributed by atoms with Gasteiger partial charge < -0.3 is 15.4 Å². The highest BCUT2D eigenvalue weighted by molar-refractivity contribution is 6.30. The first-order valence-corrected chi connectivity index (χ1v) is 5.74. The van der Waals surface area contributed by atoms with E-state index >= 15 is 0 Å². The lowest BCUT2D eigenvalue weighted by Gasteiger charge is -2.16. The van der Waals surface area contributed by atoms with E-state index in [9.17, 15) is 4.79 Å². The van der Waals surface area contributed by atoms with Gasteiger partial charge in [0.05, 0.1) is 12.6 Å². The van der Waals surface area contributed by atoms with Crippen LogP contribution in [0.25, 0.3) is 0 Å². The number of carbonyl (C=O) groups excluding carboxylic acids is 1. The van der Waals surface area contributed by atoms with Crippen LogP contribution in [0.2, 0.25) is 5.02 Å². The van der Waals surface area contributed by atoms with Gasteiger partial charge in [0.15, 0.2) is 0 Å². The smallest absolute Gasteiger partial charge is 0.234 e. The molecule has 0 bridgehead atoms. The van der Waals surface area contributed by atoms with Crippen molar-refractivity contribution in [3.63, 3.8) is 0 Å². The molecule has 17 heavy (non-hydrogen) atoms. The molecule has 1 aromatic carbocycles. The molecule has 0 fully saturated rings. The number of rotatable bonds is 6.